The SMILES string of the molecule is CCCOc1ccc(/C=N/n2c(-c3ccccn3)n[nH]c2=S)cc1. The molecule has 7 heteroatoms. The number of aromatic amines is 1. The largest absolute Gasteiger partial charge is 0.494 e. The average molecular weight is 339 g/mol. The number of H-pyrrole nitrogens is 1. The summed E-state index contributed by atoms with van der Waals surface area (Å²) in [6.07, 6.45) is 4.41. The number of nitrogens with one attached hydrogen (secondary N) is 1. The van der Waals surface area contributed by atoms with Crippen LogP contribution in [-0.2, 0) is 0 Å². The fraction of sp³-hybridized carbons (Fsp3) is 0.176. The zero-order chi connectivity index (χ0) is 16.8. The van der Waals surface area contributed by atoms with E-state index < -0.39 is 0 Å². The van der Waals surface area contributed by atoms with Crippen molar-refractivity contribution >= 4 is 18.4 Å². The molecule has 0 amide bonds. The Morgan fingerprint density at radius 2 is 2.08 bits per heavy atom. The zero-order valence-corrected chi connectivity index (χ0v) is 14.0. The molecule has 2 aromatic heterocycles. The predicted molar refractivity (Wildman–Crippen MR) is 95.9 cm³/mol. The van der Waals surface area contributed by atoms with Crippen LogP contribution < -0.4 is 4.74 Å². The third-order valence-electron chi connectivity index (χ3n) is 3.22. The van der Waals surface area contributed by atoms with E-state index in [1.165, 1.54) is 0 Å². The maximum Gasteiger partial charge on any atom is 0.216 e. The van der Waals surface area contributed by atoms with Crippen LogP contribution in [0.25, 0.3) is 11.5 Å². The Labute approximate surface area is 144 Å². The average Bonchev–Trinajstić information content (AvgIpc) is 3.00. The third-order valence-corrected chi connectivity index (χ3v) is 3.48. The summed E-state index contributed by atoms with van der Waals surface area (Å²) in [5.74, 6) is 1.42. The molecule has 3 rings (SSSR count). The molecule has 122 valence electrons. The Balaban J connectivity index is 1.82. The maximum atomic E-state index is 5.57. The Bertz CT molecular complexity index is 868. The predicted octanol–water partition coefficient (Wildman–Crippen LogP) is 3.67. The quantitative estimate of drug-likeness (QED) is 0.549. The van der Waals surface area contributed by atoms with Crippen LogP contribution in [0.2, 0.25) is 0 Å². The first-order chi connectivity index (χ1) is 11.8. The summed E-state index contributed by atoms with van der Waals surface area (Å²) in [5.41, 5.74) is 1.64. The van der Waals surface area contributed by atoms with Crippen molar-refractivity contribution < 1.29 is 4.74 Å². The van der Waals surface area contributed by atoms with E-state index in [1.54, 1.807) is 17.1 Å². The van der Waals surface area contributed by atoms with Gasteiger partial charge in [0, 0.05) is 6.20 Å². The molecule has 0 saturated carbocycles. The molecule has 0 fully saturated rings. The highest BCUT2D eigenvalue weighted by molar-refractivity contribution is 7.71. The van der Waals surface area contributed by atoms with E-state index in [0.717, 1.165) is 17.7 Å². The van der Waals surface area contributed by atoms with E-state index in [0.29, 0.717) is 22.9 Å². The number of benzene rings is 1. The Kier molecular flexibility index (Phi) is 5.12. The lowest BCUT2D eigenvalue weighted by Gasteiger charge is -2.04. The van der Waals surface area contributed by atoms with Gasteiger partial charge in [-0.05, 0) is 60.6 Å². The van der Waals surface area contributed by atoms with E-state index in [9.17, 15) is 0 Å². The minimum absolute atomic E-state index is 0.412. The highest BCUT2D eigenvalue weighted by Gasteiger charge is 2.08. The van der Waals surface area contributed by atoms with Crippen LogP contribution in [0.4, 0.5) is 0 Å². The lowest BCUT2D eigenvalue weighted by Crippen LogP contribution is -1.97. The Hall–Kier alpha value is -2.80. The number of ether oxygens (including phenoxy) is 1. The smallest absolute Gasteiger partial charge is 0.216 e. The van der Waals surface area contributed by atoms with Crippen LogP contribution in [0.1, 0.15) is 18.9 Å². The normalized spacial score (nSPS) is 11.0. The van der Waals surface area contributed by atoms with Crippen molar-refractivity contribution in [3.8, 4) is 17.3 Å². The van der Waals surface area contributed by atoms with Gasteiger partial charge in [-0.3, -0.25) is 4.98 Å². The van der Waals surface area contributed by atoms with E-state index in [2.05, 4.69) is 27.2 Å². The van der Waals surface area contributed by atoms with Crippen LogP contribution in [0.3, 0.4) is 0 Å². The van der Waals surface area contributed by atoms with Crippen molar-refractivity contribution in [2.24, 2.45) is 5.10 Å². The van der Waals surface area contributed by atoms with Gasteiger partial charge in [0.05, 0.1) is 12.8 Å². The van der Waals surface area contributed by atoms with Gasteiger partial charge in [0.25, 0.3) is 0 Å². The Morgan fingerprint density at radius 1 is 1.25 bits per heavy atom. The van der Waals surface area contributed by atoms with Crippen molar-refractivity contribution in [1.82, 2.24) is 19.9 Å². The van der Waals surface area contributed by atoms with Gasteiger partial charge >= 0.3 is 0 Å². The van der Waals surface area contributed by atoms with Gasteiger partial charge in [-0.2, -0.15) is 14.9 Å². The van der Waals surface area contributed by atoms with Gasteiger partial charge in [0.15, 0.2) is 0 Å². The molecule has 0 aliphatic carbocycles. The molecule has 1 N–H and O–H groups in total. The molecule has 0 bridgehead atoms. The second-order valence-corrected chi connectivity index (χ2v) is 5.43. The van der Waals surface area contributed by atoms with Crippen molar-refractivity contribution in [1.29, 1.82) is 0 Å². The van der Waals surface area contributed by atoms with E-state index in [-0.39, 0.29) is 0 Å². The number of hydrogen-bond acceptors (Lipinski definition) is 5. The van der Waals surface area contributed by atoms with E-state index in [1.807, 2.05) is 42.5 Å². The van der Waals surface area contributed by atoms with E-state index in [4.69, 9.17) is 17.0 Å². The minimum Gasteiger partial charge on any atom is -0.494 e. The lowest BCUT2D eigenvalue weighted by molar-refractivity contribution is 0.317. The summed E-state index contributed by atoms with van der Waals surface area (Å²) in [6.45, 7) is 2.79. The Morgan fingerprint density at radius 3 is 2.79 bits per heavy atom. The molecule has 0 aliphatic heterocycles. The number of aromatic nitrogens is 4. The summed E-state index contributed by atoms with van der Waals surface area (Å²) in [4.78, 5) is 4.28. The first kappa shape index (κ1) is 16.1. The standard InChI is InChI=1S/C17H17N5OS/c1-2-11-23-14-8-6-13(7-9-14)12-19-22-16(20-21-17(22)24)15-5-3-4-10-18-15/h3-10,12H,2,11H2,1H3,(H,21,24)/b19-12+. The summed E-state index contributed by atoms with van der Waals surface area (Å²) < 4.78 is 7.53. The van der Waals surface area contributed by atoms with Crippen LogP contribution >= 0.6 is 12.2 Å². The fourth-order valence-corrected chi connectivity index (χ4v) is 2.23. The summed E-state index contributed by atoms with van der Waals surface area (Å²) >= 11 is 5.24. The van der Waals surface area contributed by atoms with Crippen molar-refractivity contribution in [2.75, 3.05) is 6.61 Å². The van der Waals surface area contributed by atoms with Gasteiger partial charge in [0.2, 0.25) is 10.6 Å². The van der Waals surface area contributed by atoms with Gasteiger partial charge in [0.1, 0.15) is 11.4 Å². The topological polar surface area (TPSA) is 68.1 Å². The molecule has 1 aromatic carbocycles. The summed E-state index contributed by atoms with van der Waals surface area (Å²) in [7, 11) is 0. The summed E-state index contributed by atoms with van der Waals surface area (Å²) in [6, 6.07) is 13.3. The number of nitrogens with zero attached hydrogens (tertiary/aromatic N) is 4. The number of hydrogen-bond donors (Lipinski definition) is 1. The molecule has 0 saturated heterocycles. The van der Waals surface area contributed by atoms with Gasteiger partial charge in [-0.25, -0.2) is 5.10 Å². The molecule has 2 heterocycles. The van der Waals surface area contributed by atoms with Crippen LogP contribution in [0.15, 0.2) is 53.8 Å². The molecule has 0 aliphatic rings. The highest BCUT2D eigenvalue weighted by atomic mass is 32.1. The fourth-order valence-electron chi connectivity index (χ4n) is 2.05. The van der Waals surface area contributed by atoms with Crippen LogP contribution in [0.5, 0.6) is 5.75 Å². The highest BCUT2D eigenvalue weighted by Crippen LogP contribution is 2.14. The maximum absolute atomic E-state index is 5.57. The monoisotopic (exact) mass is 339 g/mol. The van der Waals surface area contributed by atoms with E-state index >= 15 is 0 Å². The number of pyridine rings is 1. The molecule has 0 radical (unpaired) electrons. The zero-order valence-electron chi connectivity index (χ0n) is 13.2. The summed E-state index contributed by atoms with van der Waals surface area (Å²) in [5, 5.41) is 11.4. The molecule has 24 heavy (non-hydrogen) atoms. The van der Waals surface area contributed by atoms with Crippen LogP contribution in [0, 0.1) is 4.77 Å². The van der Waals surface area contributed by atoms with Gasteiger partial charge in [-0.1, -0.05) is 13.0 Å². The molecular formula is C17H17N5OS. The molecule has 0 atom stereocenters. The first-order valence-electron chi connectivity index (χ1n) is 7.64. The van der Waals surface area contributed by atoms with Crippen molar-refractivity contribution in [2.45, 2.75) is 13.3 Å². The second kappa shape index (κ2) is 7.65. The molecule has 6 nitrogen and oxygen atoms in total. The van der Waals surface area contributed by atoms with Gasteiger partial charge in [-0.15, -0.1) is 0 Å². The molecular weight excluding hydrogens is 322 g/mol. The van der Waals surface area contributed by atoms with Crippen molar-refractivity contribution in [3.63, 3.8) is 0 Å². The van der Waals surface area contributed by atoms with Crippen LogP contribution in [-0.4, -0.2) is 32.7 Å². The second-order valence-electron chi connectivity index (χ2n) is 5.04. The minimum atomic E-state index is 0.412. The molecule has 0 spiro atoms. The molecule has 3 aromatic rings. The third kappa shape index (κ3) is 3.75. The molecule has 0 unspecified atom stereocenters. The van der Waals surface area contributed by atoms with Crippen molar-refractivity contribution in [3.05, 3.63) is 59.0 Å². The lowest BCUT2D eigenvalue weighted by atomic mass is 10.2. The number of rotatable bonds is 6. The first-order valence-corrected chi connectivity index (χ1v) is 8.05. The van der Waals surface area contributed by atoms with Gasteiger partial charge < -0.3 is 4.74 Å².